The fourth-order valence-electron chi connectivity index (χ4n) is 5.61. The van der Waals surface area contributed by atoms with Gasteiger partial charge in [0.05, 0.1) is 5.25 Å². The minimum atomic E-state index is -0.511. The Morgan fingerprint density at radius 3 is 2.57 bits per heavy atom. The molecule has 2 fully saturated rings. The highest BCUT2D eigenvalue weighted by atomic mass is 33.1. The van der Waals surface area contributed by atoms with Gasteiger partial charge in [0, 0.05) is 23.0 Å². The number of nitrogens with one attached hydrogen (secondary N) is 1. The highest BCUT2D eigenvalue weighted by Crippen LogP contribution is 2.44. The summed E-state index contributed by atoms with van der Waals surface area (Å²) in [6, 6.07) is 7.64. The van der Waals surface area contributed by atoms with Gasteiger partial charge < -0.3 is 14.2 Å². The van der Waals surface area contributed by atoms with Gasteiger partial charge in [-0.3, -0.25) is 19.7 Å². The van der Waals surface area contributed by atoms with Gasteiger partial charge in [0.25, 0.3) is 5.24 Å². The van der Waals surface area contributed by atoms with E-state index < -0.39 is 5.60 Å². The number of unbranched alkanes of at least 4 members (excludes halogenated alkanes) is 1. The summed E-state index contributed by atoms with van der Waals surface area (Å²) < 4.78 is 18.7. The van der Waals surface area contributed by atoms with E-state index in [4.69, 9.17) is 14.2 Å². The molecule has 226 valence electrons. The van der Waals surface area contributed by atoms with Crippen molar-refractivity contribution in [2.24, 2.45) is 0 Å². The normalized spacial score (nSPS) is 23.3. The van der Waals surface area contributed by atoms with Crippen LogP contribution in [-0.4, -0.2) is 45.6 Å². The van der Waals surface area contributed by atoms with Gasteiger partial charge in [0.1, 0.15) is 29.5 Å². The Hall–Kier alpha value is -2.30. The average Bonchev–Trinajstić information content (AvgIpc) is 3.60. The van der Waals surface area contributed by atoms with E-state index in [0.29, 0.717) is 25.2 Å². The molecule has 0 radical (unpaired) electrons. The Balaban J connectivity index is 1.16. The van der Waals surface area contributed by atoms with Gasteiger partial charge in [0.2, 0.25) is 5.91 Å². The molecule has 7 nitrogen and oxygen atoms in total. The molecule has 3 atom stereocenters. The van der Waals surface area contributed by atoms with E-state index in [1.807, 2.05) is 66.6 Å². The average molecular weight is 630 g/mol. The van der Waals surface area contributed by atoms with Crippen LogP contribution in [0.25, 0.3) is 0 Å². The zero-order chi connectivity index (χ0) is 29.9. The van der Waals surface area contributed by atoms with E-state index in [1.165, 1.54) is 18.6 Å². The molecule has 1 N–H and O–H groups in total. The minimum Gasteiger partial charge on any atom is -0.489 e. The maximum Gasteiger partial charge on any atom is 0.311 e. The molecule has 3 unspecified atom stereocenters. The largest absolute Gasteiger partial charge is 0.489 e. The van der Waals surface area contributed by atoms with Gasteiger partial charge in [-0.05, 0) is 101 Å². The fraction of sp³-hybridized carbons (Fsp3) is 0.531. The highest BCUT2D eigenvalue weighted by Gasteiger charge is 2.36. The molecule has 2 saturated heterocycles. The Bertz CT molecular complexity index is 1340. The molecule has 0 saturated carbocycles. The van der Waals surface area contributed by atoms with E-state index in [0.717, 1.165) is 82.0 Å². The van der Waals surface area contributed by atoms with Crippen LogP contribution in [0.3, 0.4) is 0 Å². The number of carbonyl (C=O) groups is 3. The van der Waals surface area contributed by atoms with Gasteiger partial charge in [-0.1, -0.05) is 51.9 Å². The molecule has 2 amide bonds. The Kier molecular flexibility index (Phi) is 10.0. The van der Waals surface area contributed by atoms with E-state index >= 15 is 0 Å². The summed E-state index contributed by atoms with van der Waals surface area (Å²) in [6.45, 7) is 8.50. The van der Waals surface area contributed by atoms with E-state index in [2.05, 4.69) is 12.2 Å². The predicted molar refractivity (Wildman–Crippen MR) is 171 cm³/mol. The van der Waals surface area contributed by atoms with Crippen molar-refractivity contribution in [2.45, 2.75) is 95.2 Å². The van der Waals surface area contributed by atoms with Crippen molar-refractivity contribution in [1.82, 2.24) is 5.32 Å². The van der Waals surface area contributed by atoms with Crippen LogP contribution in [0, 0.1) is 20.8 Å². The first-order valence-corrected chi connectivity index (χ1v) is 17.9. The smallest absolute Gasteiger partial charge is 0.311 e. The molecular formula is C32H39NO6S3. The lowest BCUT2D eigenvalue weighted by atomic mass is 9.87. The van der Waals surface area contributed by atoms with Crippen molar-refractivity contribution in [2.75, 3.05) is 12.4 Å². The van der Waals surface area contributed by atoms with Crippen molar-refractivity contribution in [3.05, 3.63) is 52.1 Å². The molecule has 42 heavy (non-hydrogen) atoms. The monoisotopic (exact) mass is 629 g/mol. The standard InChI is InChI=1S/C32H39NO6S3/c1-19-20(2)29-25(21(3)28(19)38-27(34)8-6-5-7-24-14-16-40-42-24)13-15-32(4,39-29)18-37-23-11-9-22(10-12-23)17-26-30(35)33-31(36)41-26/h9-12,24,26H,5-8,13-18H2,1-4H3,(H,33,35,36). The summed E-state index contributed by atoms with van der Waals surface area (Å²) in [6.07, 6.45) is 6.90. The maximum absolute atomic E-state index is 12.7. The van der Waals surface area contributed by atoms with Gasteiger partial charge in [-0.2, -0.15) is 0 Å². The van der Waals surface area contributed by atoms with Crippen molar-refractivity contribution in [1.29, 1.82) is 0 Å². The number of benzene rings is 2. The molecule has 0 aliphatic carbocycles. The highest BCUT2D eigenvalue weighted by molar-refractivity contribution is 8.77. The third kappa shape index (κ3) is 7.42. The van der Waals surface area contributed by atoms with Gasteiger partial charge in [0.15, 0.2) is 0 Å². The summed E-state index contributed by atoms with van der Waals surface area (Å²) in [5, 5.41) is 2.39. The number of ether oxygens (including phenoxy) is 3. The molecule has 0 spiro atoms. The molecule has 3 heterocycles. The number of hydrogen-bond acceptors (Lipinski definition) is 9. The molecule has 0 aromatic heterocycles. The second-order valence-corrected chi connectivity index (χ2v) is 15.6. The van der Waals surface area contributed by atoms with Gasteiger partial charge >= 0.3 is 5.97 Å². The fourth-order valence-corrected chi connectivity index (χ4v) is 9.49. The van der Waals surface area contributed by atoms with Crippen LogP contribution in [-0.2, 0) is 22.4 Å². The third-order valence-electron chi connectivity index (χ3n) is 8.32. The number of esters is 1. The zero-order valence-corrected chi connectivity index (χ0v) is 27.2. The predicted octanol–water partition coefficient (Wildman–Crippen LogP) is 7.29. The molecule has 5 rings (SSSR count). The SMILES string of the molecule is Cc1c(C)c2c(c(C)c1OC(=O)CCCCC1CCSS1)CCC(C)(COc1ccc(CC3SC(=O)NC3=O)cc1)O2. The number of fused-ring (bicyclic) bond motifs is 1. The number of hydrogen-bond donors (Lipinski definition) is 1. The van der Waals surface area contributed by atoms with Crippen molar-refractivity contribution in [3.63, 3.8) is 0 Å². The number of rotatable bonds is 11. The Morgan fingerprint density at radius 2 is 1.88 bits per heavy atom. The molecule has 0 bridgehead atoms. The minimum absolute atomic E-state index is 0.159. The van der Waals surface area contributed by atoms with Crippen LogP contribution in [0.5, 0.6) is 17.2 Å². The van der Waals surface area contributed by atoms with Gasteiger partial charge in [-0.15, -0.1) is 0 Å². The lowest BCUT2D eigenvalue weighted by Gasteiger charge is -2.37. The number of amides is 2. The first-order valence-electron chi connectivity index (χ1n) is 14.7. The van der Waals surface area contributed by atoms with E-state index in [1.54, 1.807) is 0 Å². The molecular weight excluding hydrogens is 591 g/mol. The van der Waals surface area contributed by atoms with Crippen LogP contribution in [0.4, 0.5) is 4.79 Å². The summed E-state index contributed by atoms with van der Waals surface area (Å²) in [7, 11) is 3.95. The number of carbonyl (C=O) groups excluding carboxylic acids is 3. The third-order valence-corrected chi connectivity index (χ3v) is 12.3. The van der Waals surface area contributed by atoms with Crippen LogP contribution in [0.2, 0.25) is 0 Å². The lowest BCUT2D eigenvalue weighted by Crippen LogP contribution is -2.42. The van der Waals surface area contributed by atoms with Gasteiger partial charge in [-0.25, -0.2) is 0 Å². The zero-order valence-electron chi connectivity index (χ0n) is 24.7. The molecule has 10 heteroatoms. The summed E-state index contributed by atoms with van der Waals surface area (Å²) in [4.78, 5) is 36.0. The lowest BCUT2D eigenvalue weighted by molar-refractivity contribution is -0.134. The summed E-state index contributed by atoms with van der Waals surface area (Å²) in [5.41, 5.74) is 4.48. The Morgan fingerprint density at radius 1 is 1.10 bits per heavy atom. The molecule has 2 aromatic carbocycles. The topological polar surface area (TPSA) is 90.9 Å². The second-order valence-electron chi connectivity index (χ2n) is 11.6. The van der Waals surface area contributed by atoms with Crippen molar-refractivity contribution >= 4 is 50.5 Å². The van der Waals surface area contributed by atoms with Crippen LogP contribution >= 0.6 is 33.3 Å². The first kappa shape index (κ1) is 31.1. The maximum atomic E-state index is 12.7. The number of thioether (sulfide) groups is 1. The van der Waals surface area contributed by atoms with Crippen LogP contribution < -0.4 is 19.5 Å². The molecule has 3 aliphatic heterocycles. The second kappa shape index (κ2) is 13.6. The number of imide groups is 1. The summed E-state index contributed by atoms with van der Waals surface area (Å²) >= 11 is 1.04. The first-order chi connectivity index (χ1) is 20.1. The van der Waals surface area contributed by atoms with Crippen LogP contribution in [0.15, 0.2) is 24.3 Å². The van der Waals surface area contributed by atoms with E-state index in [9.17, 15) is 14.4 Å². The van der Waals surface area contributed by atoms with Crippen molar-refractivity contribution in [3.8, 4) is 17.2 Å². The quantitative estimate of drug-likeness (QED) is 0.119. The summed E-state index contributed by atoms with van der Waals surface area (Å²) in [5.74, 6) is 3.12. The van der Waals surface area contributed by atoms with E-state index in [-0.39, 0.29) is 22.4 Å². The van der Waals surface area contributed by atoms with Crippen LogP contribution in [0.1, 0.15) is 73.3 Å². The molecule has 2 aromatic rings. The Labute approximate surface area is 260 Å². The van der Waals surface area contributed by atoms with Crippen molar-refractivity contribution < 1.29 is 28.6 Å². The molecule has 3 aliphatic rings.